The Morgan fingerprint density at radius 3 is 2.41 bits per heavy atom. The zero-order valence-corrected chi connectivity index (χ0v) is 24.5. The lowest BCUT2D eigenvalue weighted by atomic mass is 9.85. The Kier molecular flexibility index (Phi) is 9.01. The lowest BCUT2D eigenvalue weighted by molar-refractivity contribution is -0.144. The fourth-order valence-electron chi connectivity index (χ4n) is 5.27. The Balaban J connectivity index is 1.54. The third-order valence-electron chi connectivity index (χ3n) is 7.60. The molecule has 4 rings (SSSR count). The van der Waals surface area contributed by atoms with Gasteiger partial charge in [0, 0.05) is 43.5 Å². The fraction of sp³-hybridized carbons (Fsp3) is 0.484. The van der Waals surface area contributed by atoms with Gasteiger partial charge in [-0.1, -0.05) is 20.8 Å². The minimum Gasteiger partial charge on any atom is -0.493 e. The normalized spacial score (nSPS) is 15.6. The molecule has 2 aromatic rings. The quantitative estimate of drug-likeness (QED) is 0.371. The first kappa shape index (κ1) is 30.0. The molecular formula is C31H40N4O6. The first-order valence-corrected chi connectivity index (χ1v) is 14.0. The molecule has 0 saturated carbocycles. The number of hydrogen-bond acceptors (Lipinski definition) is 7. The summed E-state index contributed by atoms with van der Waals surface area (Å²) in [6.45, 7) is 10.1. The van der Waals surface area contributed by atoms with Gasteiger partial charge in [-0.3, -0.25) is 15.0 Å². The van der Waals surface area contributed by atoms with Crippen molar-refractivity contribution >= 4 is 29.2 Å². The van der Waals surface area contributed by atoms with E-state index in [2.05, 4.69) is 37.1 Å². The smallest absolute Gasteiger partial charge is 0.329 e. The van der Waals surface area contributed by atoms with Gasteiger partial charge in [-0.2, -0.15) is 0 Å². The molecule has 1 saturated heterocycles. The van der Waals surface area contributed by atoms with Crippen molar-refractivity contribution in [3.8, 4) is 5.75 Å². The number of carbonyl (C=O) groups excluding carboxylic acids is 2. The number of Topliss-reactive ketones (excluding diaryl/α,β-unsaturated/α-hetero) is 1. The third kappa shape index (κ3) is 6.87. The minimum absolute atomic E-state index is 0.0327. The summed E-state index contributed by atoms with van der Waals surface area (Å²) < 4.78 is 11.2. The van der Waals surface area contributed by atoms with Crippen molar-refractivity contribution in [2.75, 3.05) is 44.8 Å². The number of carboxylic acids is 1. The van der Waals surface area contributed by atoms with Crippen LogP contribution in [0.4, 0.5) is 5.69 Å². The number of hydrogen-bond donors (Lipinski definition) is 3. The Labute approximate surface area is 241 Å². The average Bonchev–Trinajstić information content (AvgIpc) is 3.24. The van der Waals surface area contributed by atoms with Crippen LogP contribution in [-0.2, 0) is 21.5 Å². The van der Waals surface area contributed by atoms with Crippen LogP contribution < -0.4 is 15.0 Å². The monoisotopic (exact) mass is 564 g/mol. The van der Waals surface area contributed by atoms with E-state index < -0.39 is 5.97 Å². The molecule has 1 amide bonds. The van der Waals surface area contributed by atoms with Gasteiger partial charge < -0.3 is 29.7 Å². The summed E-state index contributed by atoms with van der Waals surface area (Å²) in [5.41, 5.74) is 4.23. The standard InChI is InChI=1S/C31H40N4O6/c1-6-40-27-13-20-16-35(29(32)24(20)15-25(27)30(39)33-5)17-26(36)19-11-21(31(2,3)4)14-22(12-19)34-9-7-23(8-10-34)41-18-28(37)38/h11-15,23,32H,6-10,16-18H2,1-5H3,(H,33,39)(H,37,38). The van der Waals surface area contributed by atoms with Crippen LogP contribution in [0.1, 0.15) is 77.9 Å². The molecule has 3 N–H and O–H groups in total. The fourth-order valence-corrected chi connectivity index (χ4v) is 5.27. The van der Waals surface area contributed by atoms with Crippen LogP contribution in [0.3, 0.4) is 0 Å². The number of carbonyl (C=O) groups is 3. The maximum absolute atomic E-state index is 13.7. The van der Waals surface area contributed by atoms with Crippen LogP contribution >= 0.6 is 0 Å². The molecule has 0 atom stereocenters. The van der Waals surface area contributed by atoms with E-state index in [0.717, 1.165) is 16.8 Å². The molecule has 2 aromatic carbocycles. The number of benzene rings is 2. The predicted octanol–water partition coefficient (Wildman–Crippen LogP) is 3.84. The van der Waals surface area contributed by atoms with Crippen molar-refractivity contribution in [1.29, 1.82) is 5.41 Å². The number of nitrogens with one attached hydrogen (secondary N) is 2. The van der Waals surface area contributed by atoms with Crippen molar-refractivity contribution in [3.05, 3.63) is 58.1 Å². The van der Waals surface area contributed by atoms with E-state index >= 15 is 0 Å². The second kappa shape index (κ2) is 12.3. The summed E-state index contributed by atoms with van der Waals surface area (Å²) in [6, 6.07) is 9.45. The summed E-state index contributed by atoms with van der Waals surface area (Å²) in [5.74, 6) is -0.679. The minimum atomic E-state index is -0.968. The van der Waals surface area contributed by atoms with E-state index in [1.165, 1.54) is 0 Å². The van der Waals surface area contributed by atoms with Gasteiger partial charge in [-0.15, -0.1) is 0 Å². The lowest BCUT2D eigenvalue weighted by Gasteiger charge is -2.34. The second-order valence-electron chi connectivity index (χ2n) is 11.6. The molecule has 220 valence electrons. The summed E-state index contributed by atoms with van der Waals surface area (Å²) in [7, 11) is 1.55. The van der Waals surface area contributed by atoms with E-state index in [4.69, 9.17) is 20.0 Å². The zero-order chi connectivity index (χ0) is 29.9. The van der Waals surface area contributed by atoms with Gasteiger partial charge >= 0.3 is 5.97 Å². The van der Waals surface area contributed by atoms with Crippen LogP contribution in [0.2, 0.25) is 0 Å². The number of ketones is 1. The van der Waals surface area contributed by atoms with Crippen molar-refractivity contribution in [2.24, 2.45) is 0 Å². The van der Waals surface area contributed by atoms with Gasteiger partial charge in [0.25, 0.3) is 5.91 Å². The number of rotatable bonds is 10. The molecule has 0 unspecified atom stereocenters. The summed E-state index contributed by atoms with van der Waals surface area (Å²) in [5, 5.41) is 20.3. The summed E-state index contributed by atoms with van der Waals surface area (Å²) in [4.78, 5) is 40.9. The molecule has 10 heteroatoms. The number of aliphatic carboxylic acids is 1. The molecule has 0 radical (unpaired) electrons. The number of amidine groups is 1. The van der Waals surface area contributed by atoms with Crippen molar-refractivity contribution in [2.45, 2.75) is 58.6 Å². The van der Waals surface area contributed by atoms with Gasteiger partial charge in [0.1, 0.15) is 18.2 Å². The van der Waals surface area contributed by atoms with E-state index in [-0.39, 0.29) is 42.2 Å². The first-order valence-electron chi connectivity index (χ1n) is 14.0. The van der Waals surface area contributed by atoms with Gasteiger partial charge in [0.2, 0.25) is 0 Å². The van der Waals surface area contributed by atoms with Crippen LogP contribution in [0, 0.1) is 5.41 Å². The molecule has 2 aliphatic rings. The zero-order valence-electron chi connectivity index (χ0n) is 24.5. The highest BCUT2D eigenvalue weighted by Crippen LogP contribution is 2.33. The van der Waals surface area contributed by atoms with Gasteiger partial charge in [0.15, 0.2) is 5.78 Å². The summed E-state index contributed by atoms with van der Waals surface area (Å²) in [6.07, 6.45) is 1.33. The number of fused-ring (bicyclic) bond motifs is 1. The summed E-state index contributed by atoms with van der Waals surface area (Å²) >= 11 is 0. The van der Waals surface area contributed by atoms with E-state index in [9.17, 15) is 14.4 Å². The maximum atomic E-state index is 13.7. The number of anilines is 1. The van der Waals surface area contributed by atoms with E-state index in [1.54, 1.807) is 24.1 Å². The third-order valence-corrected chi connectivity index (χ3v) is 7.60. The highest BCUT2D eigenvalue weighted by Gasteiger charge is 2.30. The maximum Gasteiger partial charge on any atom is 0.329 e. The topological polar surface area (TPSA) is 132 Å². The number of piperidine rings is 1. The predicted molar refractivity (Wildman–Crippen MR) is 157 cm³/mol. The Morgan fingerprint density at radius 1 is 1.10 bits per heavy atom. The molecule has 0 bridgehead atoms. The highest BCUT2D eigenvalue weighted by molar-refractivity contribution is 6.07. The number of nitrogens with zero attached hydrogens (tertiary/aromatic N) is 2. The molecule has 10 nitrogen and oxygen atoms in total. The van der Waals surface area contributed by atoms with Crippen molar-refractivity contribution in [3.63, 3.8) is 0 Å². The first-order chi connectivity index (χ1) is 19.4. The van der Waals surface area contributed by atoms with Gasteiger partial charge in [-0.25, -0.2) is 4.79 Å². The molecule has 2 aliphatic heterocycles. The number of amides is 1. The Bertz CT molecular complexity index is 1340. The van der Waals surface area contributed by atoms with Gasteiger partial charge in [-0.05, 0) is 66.6 Å². The molecule has 0 spiro atoms. The van der Waals surface area contributed by atoms with Crippen LogP contribution in [0.25, 0.3) is 0 Å². The van der Waals surface area contributed by atoms with Crippen LogP contribution in [0.15, 0.2) is 30.3 Å². The molecule has 0 aliphatic carbocycles. The Hall–Kier alpha value is -3.92. The number of ether oxygens (including phenoxy) is 2. The highest BCUT2D eigenvalue weighted by atomic mass is 16.5. The van der Waals surface area contributed by atoms with Crippen LogP contribution in [-0.4, -0.2) is 79.5 Å². The molecule has 41 heavy (non-hydrogen) atoms. The second-order valence-corrected chi connectivity index (χ2v) is 11.6. The number of carboxylic acid groups (broad SMARTS) is 1. The van der Waals surface area contributed by atoms with E-state index in [1.807, 2.05) is 19.1 Å². The van der Waals surface area contributed by atoms with Gasteiger partial charge in [0.05, 0.1) is 24.8 Å². The SMILES string of the molecule is CCOc1cc2c(cc1C(=O)NC)C(=N)N(CC(=O)c1cc(N3CCC(OCC(=O)O)CC3)cc(C(C)(C)C)c1)C2. The molecule has 2 heterocycles. The van der Waals surface area contributed by atoms with Crippen molar-refractivity contribution in [1.82, 2.24) is 10.2 Å². The lowest BCUT2D eigenvalue weighted by Crippen LogP contribution is -2.38. The van der Waals surface area contributed by atoms with Crippen LogP contribution in [0.5, 0.6) is 5.75 Å². The molecule has 1 fully saturated rings. The van der Waals surface area contributed by atoms with Crippen molar-refractivity contribution < 1.29 is 29.0 Å². The molecule has 0 aromatic heterocycles. The van der Waals surface area contributed by atoms with E-state index in [0.29, 0.717) is 61.5 Å². The molecular weight excluding hydrogens is 524 g/mol. The average molecular weight is 565 g/mol. The Morgan fingerprint density at radius 2 is 1.80 bits per heavy atom. The largest absolute Gasteiger partial charge is 0.493 e.